The molecule has 2 saturated heterocycles. The zero-order valence-corrected chi connectivity index (χ0v) is 15.2. The topological polar surface area (TPSA) is 66.7 Å². The molecule has 1 atom stereocenters. The number of aromatic nitrogens is 1. The maximum Gasteiger partial charge on any atom is 0.276 e. The molecule has 0 N–H and O–H groups in total. The summed E-state index contributed by atoms with van der Waals surface area (Å²) in [5.74, 6) is 1.48. The van der Waals surface area contributed by atoms with Crippen LogP contribution in [-0.4, -0.2) is 52.9 Å². The molecule has 6 heteroatoms. The molecule has 2 aliphatic heterocycles. The van der Waals surface area contributed by atoms with Gasteiger partial charge in [-0.1, -0.05) is 19.0 Å². The van der Waals surface area contributed by atoms with Crippen molar-refractivity contribution in [3.05, 3.63) is 17.5 Å². The Bertz CT molecular complexity index is 667. The van der Waals surface area contributed by atoms with Crippen LogP contribution in [0.1, 0.15) is 68.1 Å². The van der Waals surface area contributed by atoms with Crippen LogP contribution in [-0.2, 0) is 4.79 Å². The van der Waals surface area contributed by atoms with E-state index in [1.807, 2.05) is 23.6 Å². The molecule has 136 valence electrons. The zero-order valence-electron chi connectivity index (χ0n) is 15.2. The molecule has 3 heterocycles. The fourth-order valence-corrected chi connectivity index (χ4v) is 4.39. The number of hydrogen-bond acceptors (Lipinski definition) is 4. The molecule has 6 nitrogen and oxygen atoms in total. The Morgan fingerprint density at radius 3 is 2.44 bits per heavy atom. The number of hydrogen-bond donors (Lipinski definition) is 0. The van der Waals surface area contributed by atoms with E-state index >= 15 is 0 Å². The number of amides is 2. The Morgan fingerprint density at radius 2 is 1.84 bits per heavy atom. The standard InChI is InChI=1S/C19H27N3O3/c1-13(2)16-11-15(20-25-16)18(24)22-9-5-19(6-10-22)12-14(19)17(23)21-7-3-4-8-21/h11,13-14H,3-10,12H2,1-2H3/t14-/m0/s1. The average Bonchev–Trinajstić information content (AvgIpc) is 3.07. The lowest BCUT2D eigenvalue weighted by Gasteiger charge is -2.32. The highest BCUT2D eigenvalue weighted by atomic mass is 16.5. The Balaban J connectivity index is 1.34. The van der Waals surface area contributed by atoms with Gasteiger partial charge in [0.2, 0.25) is 5.91 Å². The maximum atomic E-state index is 12.6. The van der Waals surface area contributed by atoms with Gasteiger partial charge in [0.15, 0.2) is 5.69 Å². The Morgan fingerprint density at radius 1 is 1.16 bits per heavy atom. The van der Waals surface area contributed by atoms with Gasteiger partial charge < -0.3 is 14.3 Å². The number of carbonyl (C=O) groups is 2. The predicted octanol–water partition coefficient (Wildman–Crippen LogP) is 2.66. The van der Waals surface area contributed by atoms with Crippen molar-refractivity contribution in [2.75, 3.05) is 26.2 Å². The number of piperidine rings is 1. The van der Waals surface area contributed by atoms with Crippen molar-refractivity contribution in [3.63, 3.8) is 0 Å². The SMILES string of the molecule is CC(C)c1cc(C(=O)N2CCC3(CC2)C[C@H]3C(=O)N2CCCC2)no1. The second-order valence-electron chi connectivity index (χ2n) is 8.21. The summed E-state index contributed by atoms with van der Waals surface area (Å²) in [7, 11) is 0. The van der Waals surface area contributed by atoms with Crippen molar-refractivity contribution < 1.29 is 14.1 Å². The fraction of sp³-hybridized carbons (Fsp3) is 0.737. The highest BCUT2D eigenvalue weighted by molar-refractivity contribution is 5.92. The maximum absolute atomic E-state index is 12.6. The minimum atomic E-state index is -0.0476. The third-order valence-corrected chi connectivity index (χ3v) is 6.27. The second kappa shape index (κ2) is 6.15. The summed E-state index contributed by atoms with van der Waals surface area (Å²) in [5, 5.41) is 3.93. The van der Waals surface area contributed by atoms with Crippen molar-refractivity contribution in [3.8, 4) is 0 Å². The Labute approximate surface area is 148 Å². The van der Waals surface area contributed by atoms with Crippen molar-refractivity contribution in [1.29, 1.82) is 0 Å². The van der Waals surface area contributed by atoms with Gasteiger partial charge in [-0.2, -0.15) is 0 Å². The highest BCUT2D eigenvalue weighted by Gasteiger charge is 2.59. The first-order valence-electron chi connectivity index (χ1n) is 9.55. The predicted molar refractivity (Wildman–Crippen MR) is 92.1 cm³/mol. The van der Waals surface area contributed by atoms with Gasteiger partial charge in [-0.15, -0.1) is 0 Å². The minimum absolute atomic E-state index is 0.0476. The largest absolute Gasteiger partial charge is 0.360 e. The van der Waals surface area contributed by atoms with Crippen molar-refractivity contribution in [2.24, 2.45) is 11.3 Å². The first kappa shape index (κ1) is 16.6. The van der Waals surface area contributed by atoms with Crippen molar-refractivity contribution in [2.45, 2.75) is 51.9 Å². The van der Waals surface area contributed by atoms with Gasteiger partial charge in [-0.05, 0) is 37.5 Å². The molecule has 1 aromatic rings. The van der Waals surface area contributed by atoms with Crippen LogP contribution >= 0.6 is 0 Å². The molecule has 1 aliphatic carbocycles. The van der Waals surface area contributed by atoms with E-state index in [1.165, 1.54) is 0 Å². The van der Waals surface area contributed by atoms with Gasteiger partial charge in [0.05, 0.1) is 0 Å². The van der Waals surface area contributed by atoms with Crippen molar-refractivity contribution in [1.82, 2.24) is 15.0 Å². The molecule has 0 radical (unpaired) electrons. The number of carbonyl (C=O) groups excluding carboxylic acids is 2. The molecule has 2 amide bonds. The molecule has 3 aliphatic rings. The normalized spacial score (nSPS) is 25.0. The van der Waals surface area contributed by atoms with Crippen LogP contribution in [0.3, 0.4) is 0 Å². The summed E-state index contributed by atoms with van der Waals surface area (Å²) in [6, 6.07) is 1.76. The molecule has 1 spiro atoms. The van der Waals surface area contributed by atoms with Gasteiger partial charge in [0.1, 0.15) is 5.76 Å². The van der Waals surface area contributed by atoms with Crippen LogP contribution in [0.25, 0.3) is 0 Å². The molecule has 0 unspecified atom stereocenters. The minimum Gasteiger partial charge on any atom is -0.360 e. The lowest BCUT2D eigenvalue weighted by molar-refractivity contribution is -0.132. The van der Waals surface area contributed by atoms with Crippen LogP contribution in [0.5, 0.6) is 0 Å². The van der Waals surface area contributed by atoms with Gasteiger partial charge in [0.25, 0.3) is 5.91 Å². The van der Waals surface area contributed by atoms with Crippen LogP contribution in [0.2, 0.25) is 0 Å². The summed E-state index contributed by atoms with van der Waals surface area (Å²) in [6.45, 7) is 7.33. The summed E-state index contributed by atoms with van der Waals surface area (Å²) in [6.07, 6.45) is 5.15. The van der Waals surface area contributed by atoms with Crippen LogP contribution in [0, 0.1) is 11.3 Å². The van der Waals surface area contributed by atoms with Gasteiger partial charge in [-0.3, -0.25) is 9.59 Å². The summed E-state index contributed by atoms with van der Waals surface area (Å²) in [4.78, 5) is 29.1. The molecular formula is C19H27N3O3. The van der Waals surface area contributed by atoms with Gasteiger partial charge in [-0.25, -0.2) is 0 Å². The van der Waals surface area contributed by atoms with E-state index in [2.05, 4.69) is 5.16 Å². The zero-order chi connectivity index (χ0) is 17.6. The molecule has 0 bridgehead atoms. The van der Waals surface area contributed by atoms with Crippen molar-refractivity contribution >= 4 is 11.8 Å². The Hall–Kier alpha value is -1.85. The van der Waals surface area contributed by atoms with Gasteiger partial charge >= 0.3 is 0 Å². The molecule has 25 heavy (non-hydrogen) atoms. The first-order chi connectivity index (χ1) is 12.0. The monoisotopic (exact) mass is 345 g/mol. The van der Waals surface area contributed by atoms with E-state index in [-0.39, 0.29) is 23.2 Å². The molecule has 3 fully saturated rings. The summed E-state index contributed by atoms with van der Waals surface area (Å²) >= 11 is 0. The third kappa shape index (κ3) is 2.96. The van der Waals surface area contributed by atoms with E-state index in [9.17, 15) is 9.59 Å². The van der Waals surface area contributed by atoms with E-state index in [4.69, 9.17) is 4.52 Å². The molecular weight excluding hydrogens is 318 g/mol. The lowest BCUT2D eigenvalue weighted by Crippen LogP contribution is -2.41. The van der Waals surface area contributed by atoms with Crippen LogP contribution in [0.4, 0.5) is 0 Å². The molecule has 1 saturated carbocycles. The average molecular weight is 345 g/mol. The molecule has 0 aromatic carbocycles. The second-order valence-corrected chi connectivity index (χ2v) is 8.21. The third-order valence-electron chi connectivity index (χ3n) is 6.27. The first-order valence-corrected chi connectivity index (χ1v) is 9.55. The number of nitrogens with zero attached hydrogens (tertiary/aromatic N) is 3. The van der Waals surface area contributed by atoms with Crippen LogP contribution < -0.4 is 0 Å². The number of rotatable bonds is 3. The number of likely N-dealkylation sites (tertiary alicyclic amines) is 2. The summed E-state index contributed by atoms with van der Waals surface area (Å²) in [5.41, 5.74) is 0.559. The van der Waals surface area contributed by atoms with Crippen LogP contribution in [0.15, 0.2) is 10.6 Å². The van der Waals surface area contributed by atoms with E-state index in [0.29, 0.717) is 24.7 Å². The quantitative estimate of drug-likeness (QED) is 0.845. The fourth-order valence-electron chi connectivity index (χ4n) is 4.39. The highest BCUT2D eigenvalue weighted by Crippen LogP contribution is 2.60. The summed E-state index contributed by atoms with van der Waals surface area (Å²) < 4.78 is 5.25. The van der Waals surface area contributed by atoms with E-state index in [1.54, 1.807) is 6.07 Å². The van der Waals surface area contributed by atoms with Gasteiger partial charge in [0, 0.05) is 44.1 Å². The molecule has 1 aromatic heterocycles. The van der Waals surface area contributed by atoms with E-state index < -0.39 is 0 Å². The molecule has 4 rings (SSSR count). The van der Waals surface area contributed by atoms with E-state index in [0.717, 1.165) is 51.0 Å². The lowest BCUT2D eigenvalue weighted by atomic mass is 9.90. The Kier molecular flexibility index (Phi) is 4.08. The smallest absolute Gasteiger partial charge is 0.276 e.